The third kappa shape index (κ3) is 3.21. The van der Waals surface area contributed by atoms with E-state index in [0.717, 1.165) is 35.3 Å². The summed E-state index contributed by atoms with van der Waals surface area (Å²) >= 11 is 0. The van der Waals surface area contributed by atoms with Crippen molar-refractivity contribution in [2.45, 2.75) is 52.7 Å². The van der Waals surface area contributed by atoms with E-state index >= 15 is 0 Å². The molecule has 1 saturated carbocycles. The second-order valence-corrected chi connectivity index (χ2v) is 7.60. The first-order valence-corrected chi connectivity index (χ1v) is 9.61. The molecule has 1 aliphatic rings. The average Bonchev–Trinajstić information content (AvgIpc) is 3.46. The molecule has 0 unspecified atom stereocenters. The van der Waals surface area contributed by atoms with Crippen LogP contribution < -0.4 is 5.56 Å². The molecule has 2 aromatic heterocycles. The second kappa shape index (κ2) is 6.89. The number of amides is 1. The van der Waals surface area contributed by atoms with Crippen LogP contribution in [0, 0.1) is 20.8 Å². The van der Waals surface area contributed by atoms with Crippen LogP contribution in [0.1, 0.15) is 35.5 Å². The number of hydrogen-bond donors (Lipinski definition) is 0. The topological polar surface area (TPSA) is 73.0 Å². The molecule has 0 bridgehead atoms. The number of carbonyl (C=O) groups is 1. The van der Waals surface area contributed by atoms with Gasteiger partial charge in [0.2, 0.25) is 5.91 Å². The minimum atomic E-state index is -0.212. The lowest BCUT2D eigenvalue weighted by molar-refractivity contribution is -0.133. The summed E-state index contributed by atoms with van der Waals surface area (Å²) in [6.45, 7) is 6.25. The molecular formula is C21H25N5O2. The number of fused-ring (bicyclic) bond motifs is 1. The first kappa shape index (κ1) is 18.4. The van der Waals surface area contributed by atoms with Crippen LogP contribution in [-0.4, -0.2) is 36.2 Å². The zero-order valence-corrected chi connectivity index (χ0v) is 16.8. The number of carbonyl (C=O) groups excluding carboxylic acids is 1. The molecule has 1 amide bonds. The Balaban J connectivity index is 1.68. The van der Waals surface area contributed by atoms with Crippen molar-refractivity contribution < 1.29 is 4.79 Å². The summed E-state index contributed by atoms with van der Waals surface area (Å²) in [5.41, 5.74) is 4.71. The molecule has 0 radical (unpaired) electrons. The van der Waals surface area contributed by atoms with E-state index in [1.54, 1.807) is 11.5 Å². The van der Waals surface area contributed by atoms with Gasteiger partial charge in [-0.05, 0) is 45.7 Å². The highest BCUT2D eigenvalue weighted by Gasteiger charge is 2.34. The lowest BCUT2D eigenvalue weighted by atomic mass is 10.1. The predicted molar refractivity (Wildman–Crippen MR) is 107 cm³/mol. The highest BCUT2D eigenvalue weighted by Crippen LogP contribution is 2.30. The summed E-state index contributed by atoms with van der Waals surface area (Å²) < 4.78 is 3.41. The minimum absolute atomic E-state index is 0.0254. The van der Waals surface area contributed by atoms with Gasteiger partial charge < -0.3 is 4.90 Å². The van der Waals surface area contributed by atoms with Crippen LogP contribution in [0.25, 0.3) is 11.0 Å². The molecule has 0 atom stereocenters. The highest BCUT2D eigenvalue weighted by atomic mass is 16.2. The van der Waals surface area contributed by atoms with Crippen molar-refractivity contribution >= 4 is 16.9 Å². The normalized spacial score (nSPS) is 13.9. The molecule has 0 aliphatic heterocycles. The van der Waals surface area contributed by atoms with Gasteiger partial charge in [0.05, 0.1) is 16.7 Å². The molecule has 3 aromatic rings. The molecule has 2 heterocycles. The third-order valence-corrected chi connectivity index (χ3v) is 5.60. The summed E-state index contributed by atoms with van der Waals surface area (Å²) in [5, 5.41) is 4.47. The number of rotatable bonds is 5. The molecule has 28 heavy (non-hydrogen) atoms. The second-order valence-electron chi connectivity index (χ2n) is 7.60. The highest BCUT2D eigenvalue weighted by molar-refractivity contribution is 5.80. The number of hydrogen-bond acceptors (Lipinski definition) is 4. The van der Waals surface area contributed by atoms with Gasteiger partial charge in [-0.3, -0.25) is 18.8 Å². The van der Waals surface area contributed by atoms with Gasteiger partial charge in [0.15, 0.2) is 0 Å². The average molecular weight is 379 g/mol. The van der Waals surface area contributed by atoms with Gasteiger partial charge >= 0.3 is 0 Å². The van der Waals surface area contributed by atoms with Gasteiger partial charge in [-0.1, -0.05) is 12.1 Å². The fraction of sp³-hybridized carbons (Fsp3) is 0.429. The molecule has 7 nitrogen and oxygen atoms in total. The summed E-state index contributed by atoms with van der Waals surface area (Å²) in [7, 11) is 1.92. The molecule has 0 N–H and O–H groups in total. The van der Waals surface area contributed by atoms with Crippen LogP contribution in [0.3, 0.4) is 0 Å². The van der Waals surface area contributed by atoms with Crippen molar-refractivity contribution in [2.24, 2.45) is 7.05 Å². The van der Waals surface area contributed by atoms with E-state index in [1.165, 1.54) is 0 Å². The van der Waals surface area contributed by atoms with E-state index in [2.05, 4.69) is 10.1 Å². The van der Waals surface area contributed by atoms with Gasteiger partial charge in [-0.2, -0.15) is 5.10 Å². The molecule has 1 fully saturated rings. The van der Waals surface area contributed by atoms with Gasteiger partial charge in [-0.15, -0.1) is 0 Å². The van der Waals surface area contributed by atoms with E-state index in [1.807, 2.05) is 54.7 Å². The van der Waals surface area contributed by atoms with E-state index in [-0.39, 0.29) is 24.1 Å². The molecule has 146 valence electrons. The summed E-state index contributed by atoms with van der Waals surface area (Å²) in [4.78, 5) is 32.2. The zero-order chi connectivity index (χ0) is 20.0. The maximum absolute atomic E-state index is 13.3. The van der Waals surface area contributed by atoms with Gasteiger partial charge in [-0.25, -0.2) is 4.98 Å². The van der Waals surface area contributed by atoms with Crippen molar-refractivity contribution in [1.82, 2.24) is 24.2 Å². The Kier molecular flexibility index (Phi) is 4.53. The van der Waals surface area contributed by atoms with Crippen LogP contribution in [0.4, 0.5) is 0 Å². The monoisotopic (exact) mass is 379 g/mol. The van der Waals surface area contributed by atoms with Crippen molar-refractivity contribution in [3.05, 3.63) is 57.3 Å². The predicted octanol–water partition coefficient (Wildman–Crippen LogP) is 2.25. The molecule has 0 spiro atoms. The smallest absolute Gasteiger partial charge is 0.272 e. The Hall–Kier alpha value is -2.96. The molecule has 0 saturated heterocycles. The first-order valence-electron chi connectivity index (χ1n) is 9.61. The Bertz CT molecular complexity index is 1120. The molecular weight excluding hydrogens is 354 g/mol. The van der Waals surface area contributed by atoms with Crippen molar-refractivity contribution in [2.75, 3.05) is 0 Å². The lowest BCUT2D eigenvalue weighted by Gasteiger charge is -2.24. The largest absolute Gasteiger partial charge is 0.334 e. The Morgan fingerprint density at radius 2 is 1.89 bits per heavy atom. The standard InChI is InChI=1S/C21H25N5O2/c1-13-17(15(3)24(4)23-13)11-25(16-9-10-16)20(27)12-26-19-8-6-5-7-18(19)22-14(2)21(26)28/h5-8,16H,9-12H2,1-4H3. The van der Waals surface area contributed by atoms with Crippen molar-refractivity contribution in [3.63, 3.8) is 0 Å². The lowest BCUT2D eigenvalue weighted by Crippen LogP contribution is -2.38. The van der Waals surface area contributed by atoms with E-state index in [9.17, 15) is 9.59 Å². The van der Waals surface area contributed by atoms with Crippen LogP contribution in [0.2, 0.25) is 0 Å². The Morgan fingerprint density at radius 1 is 1.18 bits per heavy atom. The van der Waals surface area contributed by atoms with E-state index in [0.29, 0.717) is 17.8 Å². The first-order chi connectivity index (χ1) is 13.4. The molecule has 1 aliphatic carbocycles. The Morgan fingerprint density at radius 3 is 2.54 bits per heavy atom. The van der Waals surface area contributed by atoms with E-state index in [4.69, 9.17) is 0 Å². The van der Waals surface area contributed by atoms with Gasteiger partial charge in [0.25, 0.3) is 5.56 Å². The molecule has 4 rings (SSSR count). The Labute approximate surface area is 163 Å². The third-order valence-electron chi connectivity index (χ3n) is 5.60. The number of aryl methyl sites for hydroxylation is 3. The minimum Gasteiger partial charge on any atom is -0.334 e. The van der Waals surface area contributed by atoms with Crippen LogP contribution in [-0.2, 0) is 24.9 Å². The van der Waals surface area contributed by atoms with Crippen molar-refractivity contribution in [3.8, 4) is 0 Å². The number of benzene rings is 1. The summed E-state index contributed by atoms with van der Waals surface area (Å²) in [5.74, 6) is -0.0389. The van der Waals surface area contributed by atoms with Crippen molar-refractivity contribution in [1.29, 1.82) is 0 Å². The van der Waals surface area contributed by atoms with Crippen LogP contribution in [0.5, 0.6) is 0 Å². The maximum Gasteiger partial charge on any atom is 0.272 e. The number of aromatic nitrogens is 4. The van der Waals surface area contributed by atoms with Gasteiger partial charge in [0, 0.05) is 30.9 Å². The molecule has 1 aromatic carbocycles. The number of para-hydroxylation sites is 2. The quantitative estimate of drug-likeness (QED) is 0.682. The molecule has 7 heteroatoms. The fourth-order valence-electron chi connectivity index (χ4n) is 3.73. The number of nitrogens with zero attached hydrogens (tertiary/aromatic N) is 5. The van der Waals surface area contributed by atoms with Gasteiger partial charge in [0.1, 0.15) is 12.2 Å². The van der Waals surface area contributed by atoms with Crippen LogP contribution in [0.15, 0.2) is 29.1 Å². The van der Waals surface area contributed by atoms with E-state index < -0.39 is 0 Å². The summed E-state index contributed by atoms with van der Waals surface area (Å²) in [6.07, 6.45) is 2.02. The summed E-state index contributed by atoms with van der Waals surface area (Å²) in [6, 6.07) is 7.70. The fourth-order valence-corrected chi connectivity index (χ4v) is 3.73. The van der Waals surface area contributed by atoms with Crippen LogP contribution >= 0.6 is 0 Å². The zero-order valence-electron chi connectivity index (χ0n) is 16.8. The maximum atomic E-state index is 13.3. The SMILES string of the molecule is Cc1nn(C)c(C)c1CN(C(=O)Cn1c(=O)c(C)nc2ccccc21)C1CC1.